The molecular weight excluding hydrogens is 392 g/mol. The number of alkyl halides is 3. The molecule has 0 aliphatic carbocycles. The minimum atomic E-state index is -4.90. The molecule has 1 aliphatic heterocycles. The van der Waals surface area contributed by atoms with Gasteiger partial charge in [0.1, 0.15) is 5.75 Å². The molecule has 2 aromatic rings. The second-order valence-electron chi connectivity index (χ2n) is 5.85. The Morgan fingerprint density at radius 3 is 2.37 bits per heavy atom. The van der Waals surface area contributed by atoms with E-state index in [-0.39, 0.29) is 45.9 Å². The zero-order valence-electron chi connectivity index (χ0n) is 14.6. The van der Waals surface area contributed by atoms with Gasteiger partial charge in [0.25, 0.3) is 0 Å². The molecule has 0 N–H and O–H groups in total. The van der Waals surface area contributed by atoms with Crippen molar-refractivity contribution in [3.8, 4) is 16.9 Å². The van der Waals surface area contributed by atoms with E-state index in [1.54, 1.807) is 12.1 Å². The first-order chi connectivity index (χ1) is 12.2. The second-order valence-corrected chi connectivity index (χ2v) is 6.29. The molecule has 1 heterocycles. The quantitative estimate of drug-likeness (QED) is 0.718. The van der Waals surface area contributed by atoms with E-state index in [0.29, 0.717) is 11.1 Å². The molecule has 0 amide bonds. The molecule has 0 saturated carbocycles. The van der Waals surface area contributed by atoms with Crippen molar-refractivity contribution >= 4 is 23.6 Å². The molecule has 1 atom stereocenters. The minimum absolute atomic E-state index is 0. The maximum Gasteiger partial charge on any atom is 1.00 e. The third-order valence-electron chi connectivity index (χ3n) is 4.12. The molecule has 0 fully saturated rings. The number of halogens is 4. The van der Waals surface area contributed by atoms with E-state index >= 15 is 0 Å². The zero-order chi connectivity index (χ0) is 19.1. The summed E-state index contributed by atoms with van der Waals surface area (Å²) in [4.78, 5) is 11.1. The van der Waals surface area contributed by atoms with Crippen LogP contribution in [0.2, 0.25) is 5.02 Å². The van der Waals surface area contributed by atoms with Crippen LogP contribution in [0.1, 0.15) is 18.1 Å². The third-order valence-corrected chi connectivity index (χ3v) is 4.34. The molecule has 8 heteroatoms. The molecule has 136 valence electrons. The van der Waals surface area contributed by atoms with E-state index in [4.69, 9.17) is 16.3 Å². The van der Waals surface area contributed by atoms with Crippen LogP contribution in [0.3, 0.4) is 0 Å². The number of fused-ring (bicyclic) bond motifs is 1. The summed E-state index contributed by atoms with van der Waals surface area (Å²) in [5.74, 6) is -2.00. The van der Waals surface area contributed by atoms with Crippen LogP contribution >= 0.6 is 11.6 Å². The van der Waals surface area contributed by atoms with Crippen LogP contribution in [0.15, 0.2) is 42.0 Å². The monoisotopic (exact) mass is 404 g/mol. The van der Waals surface area contributed by atoms with Gasteiger partial charge in [-0.2, -0.15) is 13.2 Å². The Kier molecular flexibility index (Phi) is 6.68. The molecule has 0 saturated heterocycles. The number of aryl methyl sites for hydroxylation is 1. The standard InChI is InChI=1S/C19H14ClF3O3.Na/c1-2-10-3-5-11(6-4-10)14-9-13(20)7-12-8-15(18(24)25)17(19(21,22)23)26-16(12)14;/h3-9,17H,2H2,1H3,(H,24,25);/q;+1/p-1. The molecule has 1 unspecified atom stereocenters. The van der Waals surface area contributed by atoms with Gasteiger partial charge in [-0.15, -0.1) is 0 Å². The van der Waals surface area contributed by atoms with Crippen LogP contribution in [0, 0.1) is 0 Å². The number of rotatable bonds is 3. The number of carbonyl (C=O) groups excluding carboxylic acids is 1. The molecule has 0 bridgehead atoms. The van der Waals surface area contributed by atoms with Crippen molar-refractivity contribution in [1.82, 2.24) is 0 Å². The van der Waals surface area contributed by atoms with Gasteiger partial charge in [-0.1, -0.05) is 42.8 Å². The SMILES string of the molecule is CCc1ccc(-c2cc(Cl)cc3c2OC(C(F)(F)F)C(C(=O)[O-])=C3)cc1.[Na+]. The zero-order valence-corrected chi connectivity index (χ0v) is 17.3. The van der Waals surface area contributed by atoms with Crippen molar-refractivity contribution in [1.29, 1.82) is 0 Å². The number of hydrogen-bond donors (Lipinski definition) is 0. The summed E-state index contributed by atoms with van der Waals surface area (Å²) in [5.41, 5.74) is 1.22. The largest absolute Gasteiger partial charge is 1.00 e. The molecule has 3 nitrogen and oxygen atoms in total. The molecular formula is C19H13ClF3NaO3. The molecule has 1 aliphatic rings. The average Bonchev–Trinajstić information content (AvgIpc) is 2.59. The predicted molar refractivity (Wildman–Crippen MR) is 89.7 cm³/mol. The molecule has 27 heavy (non-hydrogen) atoms. The topological polar surface area (TPSA) is 49.4 Å². The number of carboxylic acid groups (broad SMARTS) is 1. The van der Waals surface area contributed by atoms with Gasteiger partial charge >= 0.3 is 35.7 Å². The van der Waals surface area contributed by atoms with Gasteiger partial charge in [-0.05, 0) is 35.8 Å². The molecule has 3 rings (SSSR count). The van der Waals surface area contributed by atoms with Crippen molar-refractivity contribution in [2.24, 2.45) is 0 Å². The number of carboxylic acids is 1. The van der Waals surface area contributed by atoms with Crippen LogP contribution < -0.4 is 39.4 Å². The fourth-order valence-electron chi connectivity index (χ4n) is 2.82. The van der Waals surface area contributed by atoms with Gasteiger partial charge < -0.3 is 14.6 Å². The van der Waals surface area contributed by atoms with Gasteiger partial charge in [0.05, 0.1) is 5.97 Å². The van der Waals surface area contributed by atoms with Gasteiger partial charge in [0.2, 0.25) is 6.10 Å². The average molecular weight is 405 g/mol. The first kappa shape index (κ1) is 21.8. The van der Waals surface area contributed by atoms with Crippen LogP contribution in [-0.2, 0) is 11.2 Å². The summed E-state index contributed by atoms with van der Waals surface area (Å²) in [6, 6.07) is 10.1. The Bertz CT molecular complexity index is 892. The maximum absolute atomic E-state index is 13.3. The first-order valence-corrected chi connectivity index (χ1v) is 8.17. The van der Waals surface area contributed by atoms with E-state index in [2.05, 4.69) is 0 Å². The van der Waals surface area contributed by atoms with E-state index < -0.39 is 23.8 Å². The fourth-order valence-corrected chi connectivity index (χ4v) is 3.05. The van der Waals surface area contributed by atoms with Crippen LogP contribution in [0.5, 0.6) is 5.75 Å². The molecule has 0 radical (unpaired) electrons. The van der Waals surface area contributed by atoms with Crippen LogP contribution in [-0.4, -0.2) is 18.2 Å². The molecule has 2 aromatic carbocycles. The van der Waals surface area contributed by atoms with Gasteiger partial charge in [-0.3, -0.25) is 0 Å². The van der Waals surface area contributed by atoms with Crippen molar-refractivity contribution < 1.29 is 57.4 Å². The van der Waals surface area contributed by atoms with E-state index in [9.17, 15) is 23.1 Å². The summed E-state index contributed by atoms with van der Waals surface area (Å²) in [5, 5.41) is 11.4. The minimum Gasteiger partial charge on any atom is -0.545 e. The van der Waals surface area contributed by atoms with Gasteiger partial charge in [0.15, 0.2) is 0 Å². The number of ether oxygens (including phenoxy) is 1. The number of aliphatic carboxylic acids is 1. The second kappa shape index (κ2) is 8.27. The summed E-state index contributed by atoms with van der Waals surface area (Å²) >= 11 is 6.07. The predicted octanol–water partition coefficient (Wildman–Crippen LogP) is 1.03. The fraction of sp³-hybridized carbons (Fsp3) is 0.211. The smallest absolute Gasteiger partial charge is 0.545 e. The summed E-state index contributed by atoms with van der Waals surface area (Å²) in [6.07, 6.45) is -5.78. The third kappa shape index (κ3) is 4.51. The Hall–Kier alpha value is -1.47. The van der Waals surface area contributed by atoms with E-state index in [1.165, 1.54) is 12.1 Å². The van der Waals surface area contributed by atoms with E-state index in [0.717, 1.165) is 18.1 Å². The van der Waals surface area contributed by atoms with Crippen LogP contribution in [0.4, 0.5) is 13.2 Å². The Morgan fingerprint density at radius 1 is 1.22 bits per heavy atom. The Morgan fingerprint density at radius 2 is 1.85 bits per heavy atom. The van der Waals surface area contributed by atoms with Crippen LogP contribution in [0.25, 0.3) is 17.2 Å². The maximum atomic E-state index is 13.3. The Balaban J connectivity index is 0.00000261. The van der Waals surface area contributed by atoms with Gasteiger partial charge in [0, 0.05) is 21.7 Å². The van der Waals surface area contributed by atoms with Crippen molar-refractivity contribution in [3.63, 3.8) is 0 Å². The number of carbonyl (C=O) groups is 1. The van der Waals surface area contributed by atoms with Crippen molar-refractivity contribution in [2.75, 3.05) is 0 Å². The first-order valence-electron chi connectivity index (χ1n) is 7.80. The Labute approximate surface area is 181 Å². The van der Waals surface area contributed by atoms with Crippen molar-refractivity contribution in [2.45, 2.75) is 25.6 Å². The number of benzene rings is 2. The number of hydrogen-bond acceptors (Lipinski definition) is 3. The molecule has 0 aromatic heterocycles. The normalized spacial score (nSPS) is 15.9. The van der Waals surface area contributed by atoms with E-state index in [1.807, 2.05) is 19.1 Å². The van der Waals surface area contributed by atoms with Gasteiger partial charge in [-0.25, -0.2) is 0 Å². The summed E-state index contributed by atoms with van der Waals surface area (Å²) in [6.45, 7) is 1.99. The van der Waals surface area contributed by atoms with Crippen molar-refractivity contribution in [3.05, 3.63) is 58.1 Å². The summed E-state index contributed by atoms with van der Waals surface area (Å²) < 4.78 is 44.9. The summed E-state index contributed by atoms with van der Waals surface area (Å²) in [7, 11) is 0. The molecule has 0 spiro atoms.